The third-order valence-corrected chi connectivity index (χ3v) is 4.95. The van der Waals surface area contributed by atoms with Gasteiger partial charge in [0.2, 0.25) is 5.91 Å². The normalized spacial score (nSPS) is 11.2. The van der Waals surface area contributed by atoms with Gasteiger partial charge >= 0.3 is 0 Å². The average molecular weight is 365 g/mol. The number of nitrogens with two attached hydrogens (primary N) is 1. The summed E-state index contributed by atoms with van der Waals surface area (Å²) in [5.41, 5.74) is 8.93. The molecule has 0 aliphatic heterocycles. The van der Waals surface area contributed by atoms with Crippen LogP contribution in [0, 0.1) is 0 Å². The first-order valence-electron chi connectivity index (χ1n) is 8.23. The predicted octanol–water partition coefficient (Wildman–Crippen LogP) is 4.60. The van der Waals surface area contributed by atoms with Crippen molar-refractivity contribution in [2.45, 2.75) is 6.54 Å². The first-order chi connectivity index (χ1) is 12.6. The quantitative estimate of drug-likeness (QED) is 0.575. The lowest BCUT2D eigenvalue weighted by molar-refractivity contribution is 0.100. The fourth-order valence-electron chi connectivity index (χ4n) is 3.53. The molecule has 1 amide bonds. The summed E-state index contributed by atoms with van der Waals surface area (Å²) in [6.07, 6.45) is 0. The van der Waals surface area contributed by atoms with Crippen LogP contribution >= 0.6 is 11.6 Å². The number of nitrogens with zero attached hydrogens (tertiary/aromatic N) is 1. The Bertz CT molecular complexity index is 1150. The predicted molar refractivity (Wildman–Crippen MR) is 105 cm³/mol. The molecule has 26 heavy (non-hydrogen) atoms. The molecule has 0 atom stereocenters. The average Bonchev–Trinajstić information content (AvgIpc) is 2.97. The highest BCUT2D eigenvalue weighted by atomic mass is 35.5. The molecule has 0 bridgehead atoms. The van der Waals surface area contributed by atoms with E-state index in [-0.39, 0.29) is 0 Å². The van der Waals surface area contributed by atoms with Gasteiger partial charge in [-0.05, 0) is 24.3 Å². The Kier molecular flexibility index (Phi) is 4.05. The standard InChI is InChI=1S/C21H17ClN2O2/c1-26-18-11-3-2-6-13(18)12-24-17-10-5-8-15(21(23)25)19(17)14-7-4-9-16(22)20(14)24/h2-11H,12H2,1H3,(H2,23,25). The summed E-state index contributed by atoms with van der Waals surface area (Å²) >= 11 is 6.54. The molecule has 2 N–H and O–H groups in total. The number of hydrogen-bond donors (Lipinski definition) is 1. The van der Waals surface area contributed by atoms with Gasteiger partial charge in [0.1, 0.15) is 5.75 Å². The zero-order valence-corrected chi connectivity index (χ0v) is 15.0. The zero-order valence-electron chi connectivity index (χ0n) is 14.2. The van der Waals surface area contributed by atoms with E-state index in [0.29, 0.717) is 17.1 Å². The molecular formula is C21H17ClN2O2. The van der Waals surface area contributed by atoms with Gasteiger partial charge in [-0.15, -0.1) is 0 Å². The molecule has 0 fully saturated rings. The highest BCUT2D eigenvalue weighted by Gasteiger charge is 2.18. The van der Waals surface area contributed by atoms with Crippen LogP contribution in [0.3, 0.4) is 0 Å². The maximum Gasteiger partial charge on any atom is 0.249 e. The van der Waals surface area contributed by atoms with Crippen molar-refractivity contribution in [3.63, 3.8) is 0 Å². The van der Waals surface area contributed by atoms with Crippen LogP contribution in [0.4, 0.5) is 0 Å². The van der Waals surface area contributed by atoms with Crippen LogP contribution in [0.15, 0.2) is 60.7 Å². The minimum absolute atomic E-state index is 0.452. The van der Waals surface area contributed by atoms with Crippen LogP contribution in [0.25, 0.3) is 21.8 Å². The summed E-state index contributed by atoms with van der Waals surface area (Å²) in [6.45, 7) is 0.565. The molecule has 1 aromatic heterocycles. The number of halogens is 1. The zero-order chi connectivity index (χ0) is 18.3. The van der Waals surface area contributed by atoms with Crippen LogP contribution in [0.5, 0.6) is 5.75 Å². The maximum atomic E-state index is 12.0. The highest BCUT2D eigenvalue weighted by molar-refractivity contribution is 6.37. The number of aromatic nitrogens is 1. The number of rotatable bonds is 4. The van der Waals surface area contributed by atoms with Gasteiger partial charge < -0.3 is 15.0 Å². The molecule has 5 heteroatoms. The number of ether oxygens (including phenoxy) is 1. The second-order valence-corrected chi connectivity index (χ2v) is 6.51. The van der Waals surface area contributed by atoms with Crippen molar-refractivity contribution in [2.24, 2.45) is 5.73 Å². The molecule has 3 aromatic carbocycles. The van der Waals surface area contributed by atoms with E-state index in [4.69, 9.17) is 22.1 Å². The van der Waals surface area contributed by atoms with E-state index in [2.05, 4.69) is 4.57 Å². The number of benzene rings is 3. The molecule has 0 aliphatic carbocycles. The lowest BCUT2D eigenvalue weighted by Crippen LogP contribution is -2.11. The molecular weight excluding hydrogens is 348 g/mol. The fourth-order valence-corrected chi connectivity index (χ4v) is 3.81. The SMILES string of the molecule is COc1ccccc1Cn1c2cccc(C(N)=O)c2c2cccc(Cl)c21. The van der Waals surface area contributed by atoms with Gasteiger partial charge in [-0.3, -0.25) is 4.79 Å². The van der Waals surface area contributed by atoms with E-state index in [1.807, 2.05) is 54.6 Å². The van der Waals surface area contributed by atoms with Crippen molar-refractivity contribution in [3.05, 3.63) is 76.8 Å². The number of fused-ring (bicyclic) bond motifs is 3. The lowest BCUT2D eigenvalue weighted by Gasteiger charge is -2.12. The number of primary amides is 1. The van der Waals surface area contributed by atoms with Crippen molar-refractivity contribution in [1.29, 1.82) is 0 Å². The third kappa shape index (κ3) is 2.50. The number of methoxy groups -OCH3 is 1. The van der Waals surface area contributed by atoms with Crippen LogP contribution in [-0.4, -0.2) is 17.6 Å². The largest absolute Gasteiger partial charge is 0.496 e. The Hall–Kier alpha value is -2.98. The van der Waals surface area contributed by atoms with Crippen molar-refractivity contribution in [2.75, 3.05) is 7.11 Å². The molecule has 4 aromatic rings. The second kappa shape index (κ2) is 6.39. The van der Waals surface area contributed by atoms with E-state index < -0.39 is 5.91 Å². The Morgan fingerprint density at radius 3 is 2.62 bits per heavy atom. The first-order valence-corrected chi connectivity index (χ1v) is 8.60. The van der Waals surface area contributed by atoms with Gasteiger partial charge in [0, 0.05) is 21.9 Å². The summed E-state index contributed by atoms with van der Waals surface area (Å²) in [6, 6.07) is 19.1. The van der Waals surface area contributed by atoms with E-state index in [1.165, 1.54) is 0 Å². The van der Waals surface area contributed by atoms with Crippen molar-refractivity contribution < 1.29 is 9.53 Å². The van der Waals surface area contributed by atoms with E-state index in [1.54, 1.807) is 13.2 Å². The van der Waals surface area contributed by atoms with Crippen LogP contribution in [0.1, 0.15) is 15.9 Å². The maximum absolute atomic E-state index is 12.0. The van der Waals surface area contributed by atoms with Crippen molar-refractivity contribution in [3.8, 4) is 5.75 Å². The first kappa shape index (κ1) is 16.5. The summed E-state index contributed by atoms with van der Waals surface area (Å²) in [5, 5.41) is 2.37. The van der Waals surface area contributed by atoms with Crippen LogP contribution in [-0.2, 0) is 6.54 Å². The van der Waals surface area contributed by atoms with Gasteiger partial charge in [0.05, 0.1) is 29.7 Å². The van der Waals surface area contributed by atoms with Crippen LogP contribution < -0.4 is 10.5 Å². The Morgan fingerprint density at radius 2 is 1.85 bits per heavy atom. The van der Waals surface area contributed by atoms with Crippen molar-refractivity contribution >= 4 is 39.3 Å². The Labute approximate surface area is 155 Å². The van der Waals surface area contributed by atoms with Gasteiger partial charge in [0.25, 0.3) is 0 Å². The van der Waals surface area contributed by atoms with E-state index >= 15 is 0 Å². The number of carbonyl (C=O) groups excluding carboxylic acids is 1. The number of para-hydroxylation sites is 2. The van der Waals surface area contributed by atoms with Gasteiger partial charge in [0.15, 0.2) is 0 Å². The molecule has 0 radical (unpaired) electrons. The smallest absolute Gasteiger partial charge is 0.249 e. The number of amides is 1. The van der Waals surface area contributed by atoms with E-state index in [9.17, 15) is 4.79 Å². The fraction of sp³-hybridized carbons (Fsp3) is 0.0952. The lowest BCUT2D eigenvalue weighted by atomic mass is 10.1. The monoisotopic (exact) mass is 364 g/mol. The molecule has 0 saturated carbocycles. The molecule has 4 nitrogen and oxygen atoms in total. The van der Waals surface area contributed by atoms with Crippen molar-refractivity contribution in [1.82, 2.24) is 4.57 Å². The molecule has 1 heterocycles. The van der Waals surface area contributed by atoms with Crippen LogP contribution in [0.2, 0.25) is 5.02 Å². The van der Waals surface area contributed by atoms with Gasteiger partial charge in [-0.25, -0.2) is 0 Å². The molecule has 0 unspecified atom stereocenters. The molecule has 0 aliphatic rings. The van der Waals surface area contributed by atoms with Gasteiger partial charge in [-0.1, -0.05) is 48.0 Å². The van der Waals surface area contributed by atoms with E-state index in [0.717, 1.165) is 33.1 Å². The summed E-state index contributed by atoms with van der Waals surface area (Å²) in [5.74, 6) is 0.354. The summed E-state index contributed by atoms with van der Waals surface area (Å²) in [4.78, 5) is 12.0. The number of carbonyl (C=O) groups is 1. The summed E-state index contributed by atoms with van der Waals surface area (Å²) in [7, 11) is 1.66. The molecule has 0 saturated heterocycles. The molecule has 0 spiro atoms. The second-order valence-electron chi connectivity index (χ2n) is 6.10. The summed E-state index contributed by atoms with van der Waals surface area (Å²) < 4.78 is 7.60. The highest BCUT2D eigenvalue weighted by Crippen LogP contribution is 2.36. The minimum atomic E-state index is -0.452. The minimum Gasteiger partial charge on any atom is -0.496 e. The molecule has 4 rings (SSSR count). The van der Waals surface area contributed by atoms with Gasteiger partial charge in [-0.2, -0.15) is 0 Å². The number of hydrogen-bond acceptors (Lipinski definition) is 2. The third-order valence-electron chi connectivity index (χ3n) is 4.65. The Morgan fingerprint density at radius 1 is 1.08 bits per heavy atom. The molecule has 130 valence electrons. The Balaban J connectivity index is 2.07. The topological polar surface area (TPSA) is 57.2 Å².